The summed E-state index contributed by atoms with van der Waals surface area (Å²) in [5.41, 5.74) is 1.30. The molecule has 0 bridgehead atoms. The first-order valence-corrected chi connectivity index (χ1v) is 8.11. The Balaban J connectivity index is 1.70. The van der Waals surface area contributed by atoms with Crippen molar-refractivity contribution < 1.29 is 4.79 Å². The summed E-state index contributed by atoms with van der Waals surface area (Å²) in [6, 6.07) is 10.7. The van der Waals surface area contributed by atoms with Gasteiger partial charge in [0.25, 0.3) is 0 Å². The van der Waals surface area contributed by atoms with Gasteiger partial charge in [-0.3, -0.25) is 9.69 Å². The van der Waals surface area contributed by atoms with Gasteiger partial charge < -0.3 is 10.2 Å². The molecule has 1 aromatic rings. The molecule has 0 radical (unpaired) electrons. The minimum Gasteiger partial charge on any atom is -0.369 e. The van der Waals surface area contributed by atoms with Crippen LogP contribution in [0.25, 0.3) is 0 Å². The van der Waals surface area contributed by atoms with Crippen molar-refractivity contribution in [2.75, 3.05) is 37.6 Å². The number of rotatable bonds is 7. The number of carbonyl (C=O) groups is 1. The van der Waals surface area contributed by atoms with E-state index in [-0.39, 0.29) is 11.9 Å². The molecule has 1 aromatic carbocycles. The molecule has 2 rings (SSSR count). The molecule has 4 heteroatoms. The highest BCUT2D eigenvalue weighted by molar-refractivity contribution is 5.76. The van der Waals surface area contributed by atoms with Crippen molar-refractivity contribution in [3.05, 3.63) is 43.0 Å². The molecule has 1 amide bonds. The fourth-order valence-corrected chi connectivity index (χ4v) is 2.84. The summed E-state index contributed by atoms with van der Waals surface area (Å²) in [4.78, 5) is 16.6. The lowest BCUT2D eigenvalue weighted by atomic mass is 10.2. The Kier molecular flexibility index (Phi) is 6.46. The quantitative estimate of drug-likeness (QED) is 0.785. The number of hydrogen-bond donors (Lipinski definition) is 1. The van der Waals surface area contributed by atoms with Crippen LogP contribution in [0.15, 0.2) is 43.0 Å². The van der Waals surface area contributed by atoms with E-state index in [4.69, 9.17) is 0 Å². The number of para-hydroxylation sites is 1. The van der Waals surface area contributed by atoms with Crippen LogP contribution in [0, 0.1) is 0 Å². The van der Waals surface area contributed by atoms with Crippen molar-refractivity contribution in [3.8, 4) is 0 Å². The van der Waals surface area contributed by atoms with E-state index in [1.807, 2.05) is 0 Å². The summed E-state index contributed by atoms with van der Waals surface area (Å²) in [6.45, 7) is 10.8. The third kappa shape index (κ3) is 5.19. The maximum Gasteiger partial charge on any atom is 0.220 e. The van der Waals surface area contributed by atoms with E-state index in [0.717, 1.165) is 39.1 Å². The van der Waals surface area contributed by atoms with Crippen molar-refractivity contribution in [1.29, 1.82) is 0 Å². The van der Waals surface area contributed by atoms with Crippen LogP contribution in [-0.4, -0.2) is 49.6 Å². The second-order valence-electron chi connectivity index (χ2n) is 5.92. The minimum absolute atomic E-state index is 0.121. The summed E-state index contributed by atoms with van der Waals surface area (Å²) in [5, 5.41) is 3.06. The van der Waals surface area contributed by atoms with Gasteiger partial charge in [-0.15, -0.1) is 6.58 Å². The first-order valence-electron chi connectivity index (χ1n) is 8.11. The Morgan fingerprint density at radius 3 is 2.59 bits per heavy atom. The molecule has 1 aliphatic rings. The van der Waals surface area contributed by atoms with Crippen molar-refractivity contribution in [2.45, 2.75) is 25.8 Å². The SMILES string of the molecule is C=CCCC(=O)N[C@@H](C)CN1CCN(c2ccccc2)CC1. The lowest BCUT2D eigenvalue weighted by Gasteiger charge is -2.37. The van der Waals surface area contributed by atoms with Crippen molar-refractivity contribution >= 4 is 11.6 Å². The lowest BCUT2D eigenvalue weighted by molar-refractivity contribution is -0.121. The summed E-state index contributed by atoms with van der Waals surface area (Å²) in [6.07, 6.45) is 3.07. The number of anilines is 1. The highest BCUT2D eigenvalue weighted by Gasteiger charge is 2.19. The van der Waals surface area contributed by atoms with Gasteiger partial charge >= 0.3 is 0 Å². The lowest BCUT2D eigenvalue weighted by Crippen LogP contribution is -2.50. The van der Waals surface area contributed by atoms with E-state index < -0.39 is 0 Å². The van der Waals surface area contributed by atoms with Gasteiger partial charge in [0.05, 0.1) is 0 Å². The van der Waals surface area contributed by atoms with Crippen LogP contribution in [-0.2, 0) is 4.79 Å². The van der Waals surface area contributed by atoms with Gasteiger partial charge in [-0.25, -0.2) is 0 Å². The van der Waals surface area contributed by atoms with Crippen molar-refractivity contribution in [1.82, 2.24) is 10.2 Å². The highest BCUT2D eigenvalue weighted by atomic mass is 16.1. The summed E-state index contributed by atoms with van der Waals surface area (Å²) >= 11 is 0. The molecule has 120 valence electrons. The van der Waals surface area contributed by atoms with Crippen LogP contribution in [0.1, 0.15) is 19.8 Å². The maximum atomic E-state index is 11.7. The van der Waals surface area contributed by atoms with Crippen LogP contribution in [0.4, 0.5) is 5.69 Å². The van der Waals surface area contributed by atoms with Crippen molar-refractivity contribution in [3.63, 3.8) is 0 Å². The highest BCUT2D eigenvalue weighted by Crippen LogP contribution is 2.15. The Morgan fingerprint density at radius 1 is 1.27 bits per heavy atom. The number of benzene rings is 1. The summed E-state index contributed by atoms with van der Waals surface area (Å²) < 4.78 is 0. The second-order valence-corrected chi connectivity index (χ2v) is 5.92. The van der Waals surface area contributed by atoms with Gasteiger partial charge in [-0.1, -0.05) is 24.3 Å². The molecular weight excluding hydrogens is 274 g/mol. The molecule has 1 saturated heterocycles. The fraction of sp³-hybridized carbons (Fsp3) is 0.500. The van der Waals surface area contributed by atoms with Gasteiger partial charge in [-0.2, -0.15) is 0 Å². The topological polar surface area (TPSA) is 35.6 Å². The number of amides is 1. The Hall–Kier alpha value is -1.81. The van der Waals surface area contributed by atoms with E-state index in [0.29, 0.717) is 6.42 Å². The van der Waals surface area contributed by atoms with E-state index in [1.54, 1.807) is 6.08 Å². The van der Waals surface area contributed by atoms with Gasteiger partial charge in [0.15, 0.2) is 0 Å². The molecule has 4 nitrogen and oxygen atoms in total. The Morgan fingerprint density at radius 2 is 1.95 bits per heavy atom. The number of carbonyl (C=O) groups excluding carboxylic acids is 1. The molecule has 1 fully saturated rings. The Bertz CT molecular complexity index is 466. The first-order chi connectivity index (χ1) is 10.7. The largest absolute Gasteiger partial charge is 0.369 e. The second kappa shape index (κ2) is 8.59. The zero-order valence-corrected chi connectivity index (χ0v) is 13.5. The van der Waals surface area contributed by atoms with Gasteiger partial charge in [-0.05, 0) is 25.5 Å². The molecule has 1 N–H and O–H groups in total. The van der Waals surface area contributed by atoms with Crippen LogP contribution in [0.3, 0.4) is 0 Å². The number of allylic oxidation sites excluding steroid dienone is 1. The molecule has 0 unspecified atom stereocenters. The number of hydrogen-bond acceptors (Lipinski definition) is 3. The standard InChI is InChI=1S/C18H27N3O/c1-3-4-10-18(22)19-16(2)15-20-11-13-21(14-12-20)17-8-6-5-7-9-17/h3,5-9,16H,1,4,10-15H2,2H3,(H,19,22)/t16-/m0/s1. The number of nitrogens with zero attached hydrogens (tertiary/aromatic N) is 2. The molecule has 22 heavy (non-hydrogen) atoms. The van der Waals surface area contributed by atoms with E-state index in [2.05, 4.69) is 59.0 Å². The van der Waals surface area contributed by atoms with Crippen LogP contribution < -0.4 is 10.2 Å². The maximum absolute atomic E-state index is 11.7. The fourth-order valence-electron chi connectivity index (χ4n) is 2.84. The average Bonchev–Trinajstić information content (AvgIpc) is 2.54. The smallest absolute Gasteiger partial charge is 0.220 e. The van der Waals surface area contributed by atoms with Crippen LogP contribution in [0.5, 0.6) is 0 Å². The summed E-state index contributed by atoms with van der Waals surface area (Å²) in [5.74, 6) is 0.121. The van der Waals surface area contributed by atoms with E-state index in [9.17, 15) is 4.79 Å². The predicted molar refractivity (Wildman–Crippen MR) is 92.1 cm³/mol. The number of piperazine rings is 1. The Labute approximate surface area is 133 Å². The normalized spacial score (nSPS) is 17.0. The number of nitrogens with one attached hydrogen (secondary N) is 1. The molecule has 0 saturated carbocycles. The molecule has 0 aromatic heterocycles. The van der Waals surface area contributed by atoms with Gasteiger partial charge in [0, 0.05) is 50.9 Å². The zero-order valence-electron chi connectivity index (χ0n) is 13.5. The molecule has 0 aliphatic carbocycles. The van der Waals surface area contributed by atoms with Gasteiger partial charge in [0.2, 0.25) is 5.91 Å². The van der Waals surface area contributed by atoms with Crippen LogP contribution in [0.2, 0.25) is 0 Å². The summed E-state index contributed by atoms with van der Waals surface area (Å²) in [7, 11) is 0. The van der Waals surface area contributed by atoms with E-state index in [1.165, 1.54) is 5.69 Å². The molecule has 1 atom stereocenters. The molecule has 0 spiro atoms. The zero-order chi connectivity index (χ0) is 15.8. The first kappa shape index (κ1) is 16.6. The monoisotopic (exact) mass is 301 g/mol. The van der Waals surface area contributed by atoms with Gasteiger partial charge in [0.1, 0.15) is 0 Å². The molecule has 1 heterocycles. The average molecular weight is 301 g/mol. The predicted octanol–water partition coefficient (Wildman–Crippen LogP) is 2.28. The van der Waals surface area contributed by atoms with E-state index >= 15 is 0 Å². The third-order valence-corrected chi connectivity index (χ3v) is 4.01. The van der Waals surface area contributed by atoms with Crippen molar-refractivity contribution in [2.24, 2.45) is 0 Å². The minimum atomic E-state index is 0.121. The molecular formula is C18H27N3O. The molecule has 1 aliphatic heterocycles. The third-order valence-electron chi connectivity index (χ3n) is 4.01. The van der Waals surface area contributed by atoms with Crippen LogP contribution >= 0.6 is 0 Å².